The van der Waals surface area contributed by atoms with Crippen molar-refractivity contribution in [3.63, 3.8) is 0 Å². The first-order valence-corrected chi connectivity index (χ1v) is 3.70. The van der Waals surface area contributed by atoms with Gasteiger partial charge in [-0.05, 0) is 0 Å². The Hall–Kier alpha value is -1.60. The van der Waals surface area contributed by atoms with Gasteiger partial charge in [-0.15, -0.1) is 0 Å². The van der Waals surface area contributed by atoms with E-state index in [1.165, 1.54) is 0 Å². The van der Waals surface area contributed by atoms with Crippen molar-refractivity contribution in [2.75, 3.05) is 0 Å². The summed E-state index contributed by atoms with van der Waals surface area (Å²) in [4.78, 5) is 10.5. The number of halogens is 4. The summed E-state index contributed by atoms with van der Waals surface area (Å²) in [5, 5.41) is 11.7. The predicted molar refractivity (Wildman–Crippen MR) is 40.1 cm³/mol. The van der Waals surface area contributed by atoms with Crippen LogP contribution in [0.25, 0.3) is 0 Å². The lowest BCUT2D eigenvalue weighted by atomic mass is 10.1. The molecule has 1 N–H and O–H groups in total. The molecular formula is C7H6F4N2O2. The second-order valence-corrected chi connectivity index (χ2v) is 2.76. The molecule has 0 atom stereocenters. The predicted octanol–water partition coefficient (Wildman–Crippen LogP) is 1.48. The van der Waals surface area contributed by atoms with Gasteiger partial charge in [0.1, 0.15) is 11.3 Å². The van der Waals surface area contributed by atoms with Gasteiger partial charge in [0.2, 0.25) is 0 Å². The molecule has 1 aromatic heterocycles. The molecule has 0 aliphatic rings. The van der Waals surface area contributed by atoms with Gasteiger partial charge in [0.05, 0.1) is 6.20 Å². The highest BCUT2D eigenvalue weighted by Crippen LogP contribution is 2.36. The summed E-state index contributed by atoms with van der Waals surface area (Å²) in [5.41, 5.74) is -2.23. The quantitative estimate of drug-likeness (QED) is 0.794. The fourth-order valence-corrected chi connectivity index (χ4v) is 1.09. The fraction of sp³-hybridized carbons (Fsp3) is 0.429. The maximum absolute atomic E-state index is 12.9. The SMILES string of the molecule is Cn1ncc(C(=O)O)c1C(F)(F)C(F)F. The number of aryl methyl sites for hydroxylation is 1. The summed E-state index contributed by atoms with van der Waals surface area (Å²) in [6.45, 7) is 0. The van der Waals surface area contributed by atoms with E-state index in [0.29, 0.717) is 10.9 Å². The number of rotatable bonds is 3. The smallest absolute Gasteiger partial charge is 0.349 e. The molecule has 84 valence electrons. The lowest BCUT2D eigenvalue weighted by Crippen LogP contribution is -2.28. The van der Waals surface area contributed by atoms with Crippen molar-refractivity contribution in [1.29, 1.82) is 0 Å². The monoisotopic (exact) mass is 226 g/mol. The number of aromatic carboxylic acids is 1. The van der Waals surface area contributed by atoms with Gasteiger partial charge in [-0.2, -0.15) is 13.9 Å². The van der Waals surface area contributed by atoms with Gasteiger partial charge < -0.3 is 5.11 Å². The summed E-state index contributed by atoms with van der Waals surface area (Å²) in [7, 11) is 0.970. The van der Waals surface area contributed by atoms with Crippen LogP contribution >= 0.6 is 0 Å². The van der Waals surface area contributed by atoms with E-state index >= 15 is 0 Å². The van der Waals surface area contributed by atoms with Crippen LogP contribution in [0.3, 0.4) is 0 Å². The van der Waals surface area contributed by atoms with Crippen molar-refractivity contribution in [2.45, 2.75) is 12.3 Å². The van der Waals surface area contributed by atoms with Crippen LogP contribution in [0, 0.1) is 0 Å². The molecule has 0 unspecified atom stereocenters. The summed E-state index contributed by atoms with van der Waals surface area (Å²) in [6, 6.07) is 0. The first kappa shape index (κ1) is 11.5. The Bertz CT molecular complexity index is 388. The average Bonchev–Trinajstić information content (AvgIpc) is 2.47. The van der Waals surface area contributed by atoms with Gasteiger partial charge in [0.25, 0.3) is 0 Å². The van der Waals surface area contributed by atoms with Crippen LogP contribution < -0.4 is 0 Å². The van der Waals surface area contributed by atoms with Crippen molar-refractivity contribution >= 4 is 5.97 Å². The second-order valence-electron chi connectivity index (χ2n) is 2.76. The largest absolute Gasteiger partial charge is 0.478 e. The number of aromatic nitrogens is 2. The molecule has 4 nitrogen and oxygen atoms in total. The Morgan fingerprint density at radius 3 is 2.53 bits per heavy atom. The maximum Gasteiger partial charge on any atom is 0.349 e. The second kappa shape index (κ2) is 3.52. The van der Waals surface area contributed by atoms with Crippen LogP contribution in [0.2, 0.25) is 0 Å². The molecule has 0 saturated carbocycles. The molecule has 0 saturated heterocycles. The van der Waals surface area contributed by atoms with Crippen molar-refractivity contribution < 1.29 is 27.5 Å². The first-order chi connectivity index (χ1) is 6.78. The Balaban J connectivity index is 3.35. The molecule has 1 rings (SSSR count). The van der Waals surface area contributed by atoms with E-state index in [4.69, 9.17) is 5.11 Å². The van der Waals surface area contributed by atoms with Crippen LogP contribution in [0.4, 0.5) is 17.6 Å². The summed E-state index contributed by atoms with van der Waals surface area (Å²) < 4.78 is 50.3. The molecular weight excluding hydrogens is 220 g/mol. The third-order valence-electron chi connectivity index (χ3n) is 1.76. The minimum absolute atomic E-state index is 0.426. The molecule has 0 spiro atoms. The number of carboxylic acid groups (broad SMARTS) is 1. The Morgan fingerprint density at radius 2 is 2.13 bits per heavy atom. The molecule has 1 aromatic rings. The zero-order chi connectivity index (χ0) is 11.8. The molecule has 8 heteroatoms. The van der Waals surface area contributed by atoms with E-state index in [-0.39, 0.29) is 0 Å². The molecule has 0 aliphatic carbocycles. The molecule has 0 fully saturated rings. The Morgan fingerprint density at radius 1 is 1.60 bits per heavy atom. The van der Waals surface area contributed by atoms with Crippen LogP contribution in [0.1, 0.15) is 16.1 Å². The molecule has 0 aliphatic heterocycles. The van der Waals surface area contributed by atoms with Crippen LogP contribution in [-0.4, -0.2) is 27.3 Å². The van der Waals surface area contributed by atoms with E-state index < -0.39 is 29.6 Å². The zero-order valence-corrected chi connectivity index (χ0v) is 7.42. The van der Waals surface area contributed by atoms with Crippen molar-refractivity contribution in [2.24, 2.45) is 7.05 Å². The zero-order valence-electron chi connectivity index (χ0n) is 7.42. The molecule has 0 radical (unpaired) electrons. The van der Waals surface area contributed by atoms with Gasteiger partial charge in [-0.3, -0.25) is 4.68 Å². The third kappa shape index (κ3) is 1.79. The minimum atomic E-state index is -4.53. The van der Waals surface area contributed by atoms with Gasteiger partial charge in [-0.1, -0.05) is 0 Å². The number of nitrogens with zero attached hydrogens (tertiary/aromatic N) is 2. The standard InChI is InChI=1S/C7H6F4N2O2/c1-13-4(7(10,11)6(8)9)3(2-12-13)5(14)15/h2,6H,1H3,(H,14,15). The molecule has 15 heavy (non-hydrogen) atoms. The van der Waals surface area contributed by atoms with Gasteiger partial charge in [0.15, 0.2) is 0 Å². The lowest BCUT2D eigenvalue weighted by Gasteiger charge is -2.16. The molecule has 0 amide bonds. The number of carbonyl (C=O) groups is 1. The van der Waals surface area contributed by atoms with E-state index in [1.807, 2.05) is 0 Å². The topological polar surface area (TPSA) is 55.1 Å². The van der Waals surface area contributed by atoms with E-state index in [0.717, 1.165) is 7.05 Å². The van der Waals surface area contributed by atoms with Crippen molar-refractivity contribution in [3.8, 4) is 0 Å². The van der Waals surface area contributed by atoms with Crippen LogP contribution in [0.5, 0.6) is 0 Å². The van der Waals surface area contributed by atoms with Gasteiger partial charge in [0, 0.05) is 7.05 Å². The van der Waals surface area contributed by atoms with Crippen LogP contribution in [-0.2, 0) is 13.0 Å². The van der Waals surface area contributed by atoms with Crippen LogP contribution in [0.15, 0.2) is 6.20 Å². The summed E-state index contributed by atoms with van der Waals surface area (Å²) in [6.07, 6.45) is -3.38. The highest BCUT2D eigenvalue weighted by molar-refractivity contribution is 5.88. The van der Waals surface area contributed by atoms with Gasteiger partial charge >= 0.3 is 18.3 Å². The molecule has 0 aromatic carbocycles. The number of hydrogen-bond acceptors (Lipinski definition) is 2. The number of alkyl halides is 4. The highest BCUT2D eigenvalue weighted by atomic mass is 19.3. The summed E-state index contributed by atoms with van der Waals surface area (Å²) >= 11 is 0. The fourth-order valence-electron chi connectivity index (χ4n) is 1.09. The Kier molecular flexibility index (Phi) is 2.69. The van der Waals surface area contributed by atoms with Crippen molar-refractivity contribution in [1.82, 2.24) is 9.78 Å². The maximum atomic E-state index is 12.9. The highest BCUT2D eigenvalue weighted by Gasteiger charge is 2.48. The third-order valence-corrected chi connectivity index (χ3v) is 1.76. The first-order valence-electron chi connectivity index (χ1n) is 3.70. The van der Waals surface area contributed by atoms with E-state index in [2.05, 4.69) is 5.10 Å². The number of carboxylic acids is 1. The van der Waals surface area contributed by atoms with Gasteiger partial charge in [-0.25, -0.2) is 13.6 Å². The van der Waals surface area contributed by atoms with Crippen molar-refractivity contribution in [3.05, 3.63) is 17.5 Å². The average molecular weight is 226 g/mol. The minimum Gasteiger partial charge on any atom is -0.478 e. The van der Waals surface area contributed by atoms with E-state index in [1.54, 1.807) is 0 Å². The molecule has 0 bridgehead atoms. The lowest BCUT2D eigenvalue weighted by molar-refractivity contribution is -0.140. The van der Waals surface area contributed by atoms with E-state index in [9.17, 15) is 22.4 Å². The summed E-state index contributed by atoms with van der Waals surface area (Å²) in [5.74, 6) is -6.25. The normalized spacial score (nSPS) is 12.1. The number of hydrogen-bond donors (Lipinski definition) is 1. The Labute approximate surface area is 81.1 Å². The molecule has 1 heterocycles.